The number of carbonyl (C=O) groups excluding carboxylic acids is 2. The highest BCUT2D eigenvalue weighted by atomic mass is 35.5. The Hall–Kier alpha value is -2.88. The Bertz CT molecular complexity index is 954. The number of rotatable bonds is 3. The van der Waals surface area contributed by atoms with Crippen LogP contribution in [0.5, 0.6) is 0 Å². The molecule has 1 aromatic heterocycles. The topological polar surface area (TPSA) is 88.3 Å². The maximum atomic E-state index is 13.6. The Labute approximate surface area is 167 Å². The van der Waals surface area contributed by atoms with Crippen molar-refractivity contribution in [3.8, 4) is 0 Å². The molecule has 1 aliphatic rings. The molecule has 6 nitrogen and oxygen atoms in total. The maximum Gasteiger partial charge on any atom is 0.433 e. The molecule has 29 heavy (non-hydrogen) atoms. The van der Waals surface area contributed by atoms with Crippen LogP contribution in [0.3, 0.4) is 0 Å². The first-order valence-corrected chi connectivity index (χ1v) is 8.80. The number of piperazine rings is 1. The zero-order valence-electron chi connectivity index (χ0n) is 14.7. The van der Waals surface area contributed by atoms with Gasteiger partial charge in [-0.25, -0.2) is 14.2 Å². The van der Waals surface area contributed by atoms with Crippen molar-refractivity contribution in [1.82, 2.24) is 15.2 Å². The number of carbonyl (C=O) groups is 2. The molecule has 0 bridgehead atoms. The van der Waals surface area contributed by atoms with Gasteiger partial charge in [0.1, 0.15) is 17.6 Å². The van der Waals surface area contributed by atoms with Crippen molar-refractivity contribution < 1.29 is 27.2 Å². The summed E-state index contributed by atoms with van der Waals surface area (Å²) in [5, 5.41) is 2.27. The van der Waals surface area contributed by atoms with Crippen LogP contribution in [0.4, 0.5) is 22.4 Å². The quantitative estimate of drug-likeness (QED) is 0.734. The van der Waals surface area contributed by atoms with Gasteiger partial charge < -0.3 is 16.0 Å². The summed E-state index contributed by atoms with van der Waals surface area (Å²) in [5.41, 5.74) is 4.28. The van der Waals surface area contributed by atoms with Gasteiger partial charge in [0.15, 0.2) is 0 Å². The van der Waals surface area contributed by atoms with Crippen LogP contribution in [0.2, 0.25) is 5.02 Å². The van der Waals surface area contributed by atoms with Crippen LogP contribution in [0.1, 0.15) is 22.9 Å². The second-order valence-corrected chi connectivity index (χ2v) is 6.77. The lowest BCUT2D eigenvalue weighted by Gasteiger charge is -2.38. The van der Waals surface area contributed by atoms with Crippen LogP contribution in [-0.2, 0) is 11.0 Å². The fourth-order valence-electron chi connectivity index (χ4n) is 3.27. The van der Waals surface area contributed by atoms with Crippen LogP contribution in [-0.4, -0.2) is 41.0 Å². The van der Waals surface area contributed by atoms with Crippen molar-refractivity contribution in [2.24, 2.45) is 5.73 Å². The standard InChI is InChI=1S/C18H15ClF4N4O2/c19-10-8-9(4-5-11(10)20)14(12-2-1-3-13(26-12)18(21,22)23)15-16(28)25-6-7-27(15)17(24)29/h1-5,8,14-15H,6-7H2,(H2,24,29)(H,25,28)/t14-,15?/m0/s1. The summed E-state index contributed by atoms with van der Waals surface area (Å²) in [6, 6.07) is 4.48. The minimum atomic E-state index is -4.72. The molecular formula is C18H15ClF4N4O2. The summed E-state index contributed by atoms with van der Waals surface area (Å²) in [7, 11) is 0. The van der Waals surface area contributed by atoms with E-state index >= 15 is 0 Å². The molecule has 0 saturated carbocycles. The van der Waals surface area contributed by atoms with Crippen LogP contribution >= 0.6 is 11.6 Å². The van der Waals surface area contributed by atoms with Crippen LogP contribution < -0.4 is 11.1 Å². The SMILES string of the molecule is NC(=O)N1CCNC(=O)C1[C@@H](c1ccc(F)c(Cl)c1)c1cccc(C(F)(F)F)n1. The van der Waals surface area contributed by atoms with E-state index in [-0.39, 0.29) is 29.4 Å². The Morgan fingerprint density at radius 3 is 2.66 bits per heavy atom. The molecule has 3 rings (SSSR count). The van der Waals surface area contributed by atoms with E-state index in [1.165, 1.54) is 18.2 Å². The van der Waals surface area contributed by atoms with Crippen molar-refractivity contribution in [3.63, 3.8) is 0 Å². The average molecular weight is 431 g/mol. The van der Waals surface area contributed by atoms with Gasteiger partial charge in [-0.15, -0.1) is 0 Å². The summed E-state index contributed by atoms with van der Waals surface area (Å²) < 4.78 is 53.2. The van der Waals surface area contributed by atoms with Gasteiger partial charge in [-0.3, -0.25) is 4.79 Å². The normalized spacial score (nSPS) is 18.3. The minimum absolute atomic E-state index is 0.0517. The highest BCUT2D eigenvalue weighted by Crippen LogP contribution is 2.35. The third kappa shape index (κ3) is 4.26. The molecular weight excluding hydrogens is 416 g/mol. The predicted octanol–water partition coefficient (Wildman–Crippen LogP) is 2.90. The van der Waals surface area contributed by atoms with Gasteiger partial charge in [0, 0.05) is 13.1 Å². The molecule has 3 N–H and O–H groups in total. The number of nitrogens with zero attached hydrogens (tertiary/aromatic N) is 2. The van der Waals surface area contributed by atoms with E-state index in [4.69, 9.17) is 17.3 Å². The summed E-state index contributed by atoms with van der Waals surface area (Å²) in [6.07, 6.45) is -4.72. The number of urea groups is 1. The number of aromatic nitrogens is 1. The fraction of sp³-hybridized carbons (Fsp3) is 0.278. The molecule has 2 aromatic rings. The molecule has 3 amide bonds. The monoisotopic (exact) mass is 430 g/mol. The minimum Gasteiger partial charge on any atom is -0.352 e. The number of nitrogens with one attached hydrogen (secondary N) is 1. The molecule has 0 radical (unpaired) electrons. The van der Waals surface area contributed by atoms with Crippen LogP contribution in [0, 0.1) is 5.82 Å². The first kappa shape index (κ1) is 20.8. The lowest BCUT2D eigenvalue weighted by molar-refractivity contribution is -0.141. The lowest BCUT2D eigenvalue weighted by atomic mass is 9.85. The van der Waals surface area contributed by atoms with Crippen LogP contribution in [0.25, 0.3) is 0 Å². The first-order valence-electron chi connectivity index (χ1n) is 8.42. The number of amides is 3. The van der Waals surface area contributed by atoms with E-state index in [9.17, 15) is 27.2 Å². The Balaban J connectivity index is 2.20. The smallest absolute Gasteiger partial charge is 0.352 e. The summed E-state index contributed by atoms with van der Waals surface area (Å²) in [5.74, 6) is -2.53. The highest BCUT2D eigenvalue weighted by molar-refractivity contribution is 6.30. The fourth-order valence-corrected chi connectivity index (χ4v) is 3.46. The van der Waals surface area contributed by atoms with Gasteiger partial charge in [0.25, 0.3) is 0 Å². The molecule has 0 aliphatic carbocycles. The van der Waals surface area contributed by atoms with E-state index in [2.05, 4.69) is 10.3 Å². The number of hydrogen-bond donors (Lipinski definition) is 2. The molecule has 1 saturated heterocycles. The van der Waals surface area contributed by atoms with E-state index in [1.54, 1.807) is 0 Å². The molecule has 154 valence electrons. The predicted molar refractivity (Wildman–Crippen MR) is 95.6 cm³/mol. The Morgan fingerprint density at radius 1 is 1.31 bits per heavy atom. The van der Waals surface area contributed by atoms with Crippen LogP contribution in [0.15, 0.2) is 36.4 Å². The number of primary amides is 1. The zero-order valence-corrected chi connectivity index (χ0v) is 15.5. The van der Waals surface area contributed by atoms with Gasteiger partial charge in [0.05, 0.1) is 16.6 Å². The largest absolute Gasteiger partial charge is 0.433 e. The second-order valence-electron chi connectivity index (χ2n) is 6.36. The third-order valence-corrected chi connectivity index (χ3v) is 4.83. The highest BCUT2D eigenvalue weighted by Gasteiger charge is 2.42. The summed E-state index contributed by atoms with van der Waals surface area (Å²) in [6.45, 7) is 0.182. The van der Waals surface area contributed by atoms with Crippen molar-refractivity contribution >= 4 is 23.5 Å². The van der Waals surface area contributed by atoms with Gasteiger partial charge >= 0.3 is 12.2 Å². The Kier molecular flexibility index (Phi) is 5.65. The molecule has 2 heterocycles. The van der Waals surface area contributed by atoms with Gasteiger partial charge in [-0.05, 0) is 29.8 Å². The van der Waals surface area contributed by atoms with E-state index in [0.717, 1.165) is 23.1 Å². The molecule has 1 unspecified atom stereocenters. The third-order valence-electron chi connectivity index (χ3n) is 4.54. The maximum absolute atomic E-state index is 13.6. The van der Waals surface area contributed by atoms with Gasteiger partial charge in [-0.1, -0.05) is 23.7 Å². The number of benzene rings is 1. The van der Waals surface area contributed by atoms with Crippen molar-refractivity contribution in [1.29, 1.82) is 0 Å². The number of halogens is 5. The van der Waals surface area contributed by atoms with Gasteiger partial charge in [0.2, 0.25) is 5.91 Å². The molecule has 1 aliphatic heterocycles. The molecule has 2 atom stereocenters. The van der Waals surface area contributed by atoms with E-state index < -0.39 is 41.6 Å². The summed E-state index contributed by atoms with van der Waals surface area (Å²) in [4.78, 5) is 29.2. The van der Waals surface area contributed by atoms with E-state index in [1.807, 2.05) is 0 Å². The zero-order chi connectivity index (χ0) is 21.3. The van der Waals surface area contributed by atoms with Crippen molar-refractivity contribution in [2.45, 2.75) is 18.1 Å². The molecule has 11 heteroatoms. The number of alkyl halides is 3. The van der Waals surface area contributed by atoms with Crippen molar-refractivity contribution in [2.75, 3.05) is 13.1 Å². The molecule has 1 aromatic carbocycles. The Morgan fingerprint density at radius 2 is 2.03 bits per heavy atom. The number of nitrogens with two attached hydrogens (primary N) is 1. The summed E-state index contributed by atoms with van der Waals surface area (Å²) >= 11 is 5.84. The molecule has 0 spiro atoms. The number of hydrogen-bond acceptors (Lipinski definition) is 3. The van der Waals surface area contributed by atoms with E-state index in [0.29, 0.717) is 0 Å². The average Bonchev–Trinajstić information content (AvgIpc) is 2.65. The van der Waals surface area contributed by atoms with Gasteiger partial charge in [-0.2, -0.15) is 13.2 Å². The number of pyridine rings is 1. The first-order chi connectivity index (χ1) is 13.6. The lowest BCUT2D eigenvalue weighted by Crippen LogP contribution is -2.60. The molecule has 1 fully saturated rings. The van der Waals surface area contributed by atoms with Crippen molar-refractivity contribution in [3.05, 3.63) is 64.2 Å². The second kappa shape index (κ2) is 7.86.